The van der Waals surface area contributed by atoms with Gasteiger partial charge in [-0.1, -0.05) is 18.2 Å². The first-order valence-corrected chi connectivity index (χ1v) is 8.15. The zero-order valence-corrected chi connectivity index (χ0v) is 13.6. The molecule has 0 bridgehead atoms. The van der Waals surface area contributed by atoms with E-state index in [9.17, 15) is 9.59 Å². The molecule has 1 aliphatic rings. The van der Waals surface area contributed by atoms with Crippen LogP contribution in [0.5, 0.6) is 0 Å². The number of hydrogen-bond donors (Lipinski definition) is 1. The van der Waals surface area contributed by atoms with Crippen LogP contribution in [-0.2, 0) is 9.53 Å². The van der Waals surface area contributed by atoms with Crippen molar-refractivity contribution < 1.29 is 14.3 Å². The van der Waals surface area contributed by atoms with E-state index in [-0.39, 0.29) is 23.8 Å². The molecule has 24 heavy (non-hydrogen) atoms. The van der Waals surface area contributed by atoms with Gasteiger partial charge in [0.15, 0.2) is 0 Å². The van der Waals surface area contributed by atoms with Crippen molar-refractivity contribution in [3.63, 3.8) is 0 Å². The number of hydrogen-bond acceptors (Lipinski definition) is 4. The fourth-order valence-electron chi connectivity index (χ4n) is 3.08. The highest BCUT2D eigenvalue weighted by atomic mass is 16.5. The van der Waals surface area contributed by atoms with Crippen molar-refractivity contribution in [2.75, 3.05) is 7.11 Å². The Bertz CT molecular complexity index is 703. The lowest BCUT2D eigenvalue weighted by Gasteiger charge is -2.27. The molecule has 1 N–H and O–H groups in total. The molecule has 1 aromatic carbocycles. The molecule has 1 aromatic heterocycles. The Hall–Kier alpha value is -2.63. The number of para-hydroxylation sites is 1. The number of amides is 1. The van der Waals surface area contributed by atoms with Crippen LogP contribution in [0.1, 0.15) is 36.2 Å². The Morgan fingerprint density at radius 3 is 2.54 bits per heavy atom. The first kappa shape index (κ1) is 16.2. The molecule has 2 aromatic rings. The molecule has 3 rings (SSSR count). The third-order valence-corrected chi connectivity index (χ3v) is 4.47. The Morgan fingerprint density at radius 2 is 1.88 bits per heavy atom. The molecule has 1 heterocycles. The van der Waals surface area contributed by atoms with Gasteiger partial charge in [-0.2, -0.15) is 0 Å². The van der Waals surface area contributed by atoms with E-state index in [2.05, 4.69) is 10.3 Å². The highest BCUT2D eigenvalue weighted by Crippen LogP contribution is 2.25. The van der Waals surface area contributed by atoms with Crippen molar-refractivity contribution in [2.24, 2.45) is 5.92 Å². The monoisotopic (exact) mass is 327 g/mol. The molecule has 0 aliphatic heterocycles. The van der Waals surface area contributed by atoms with Gasteiger partial charge in [-0.25, -0.2) is 4.98 Å². The summed E-state index contributed by atoms with van der Waals surface area (Å²) in [7, 11) is 1.42. The van der Waals surface area contributed by atoms with Gasteiger partial charge in [0, 0.05) is 17.9 Å². The number of rotatable bonds is 4. The zero-order valence-electron chi connectivity index (χ0n) is 13.6. The summed E-state index contributed by atoms with van der Waals surface area (Å²) in [4.78, 5) is 28.1. The molecule has 1 aliphatic carbocycles. The third kappa shape index (κ3) is 3.64. The molecule has 1 fully saturated rings. The van der Waals surface area contributed by atoms with Gasteiger partial charge in [0.1, 0.15) is 12.0 Å². The Kier molecular flexibility index (Phi) is 4.93. The van der Waals surface area contributed by atoms with Gasteiger partial charge >= 0.3 is 5.97 Å². The summed E-state index contributed by atoms with van der Waals surface area (Å²) in [5, 5.41) is 3.01. The van der Waals surface area contributed by atoms with E-state index >= 15 is 0 Å². The number of nitrogens with one attached hydrogen (secondary N) is 1. The average Bonchev–Trinajstić information content (AvgIpc) is 3.13. The van der Waals surface area contributed by atoms with Gasteiger partial charge in [-0.3, -0.25) is 9.59 Å². The third-order valence-electron chi connectivity index (χ3n) is 4.47. The molecule has 0 saturated heterocycles. The van der Waals surface area contributed by atoms with E-state index in [0.29, 0.717) is 5.69 Å². The van der Waals surface area contributed by atoms with Crippen molar-refractivity contribution in [1.29, 1.82) is 0 Å². The van der Waals surface area contributed by atoms with E-state index in [1.165, 1.54) is 7.11 Å². The van der Waals surface area contributed by atoms with E-state index in [1.54, 1.807) is 12.5 Å². The van der Waals surface area contributed by atoms with Gasteiger partial charge in [-0.15, -0.1) is 0 Å². The average molecular weight is 327 g/mol. The van der Waals surface area contributed by atoms with Crippen LogP contribution >= 0.6 is 0 Å². The predicted octanol–water partition coefficient (Wildman–Crippen LogP) is 2.33. The number of esters is 1. The molecule has 0 unspecified atom stereocenters. The highest BCUT2D eigenvalue weighted by molar-refractivity contribution is 5.92. The maximum Gasteiger partial charge on any atom is 0.308 e. The molecule has 6 heteroatoms. The molecule has 0 atom stereocenters. The molecular weight excluding hydrogens is 306 g/mol. The quantitative estimate of drug-likeness (QED) is 0.875. The summed E-state index contributed by atoms with van der Waals surface area (Å²) >= 11 is 0. The van der Waals surface area contributed by atoms with Crippen molar-refractivity contribution in [3.8, 4) is 5.69 Å². The normalized spacial score (nSPS) is 20.4. The van der Waals surface area contributed by atoms with Crippen LogP contribution in [0.3, 0.4) is 0 Å². The van der Waals surface area contributed by atoms with E-state index < -0.39 is 0 Å². The molecule has 0 spiro atoms. The van der Waals surface area contributed by atoms with E-state index in [4.69, 9.17) is 4.74 Å². The van der Waals surface area contributed by atoms with Crippen LogP contribution in [0.25, 0.3) is 5.69 Å². The predicted molar refractivity (Wildman–Crippen MR) is 88.8 cm³/mol. The van der Waals surface area contributed by atoms with Crippen LogP contribution in [0.15, 0.2) is 42.9 Å². The first-order valence-electron chi connectivity index (χ1n) is 8.15. The number of methoxy groups -OCH3 is 1. The molecule has 1 saturated carbocycles. The van der Waals surface area contributed by atoms with Crippen LogP contribution in [-0.4, -0.2) is 34.6 Å². The minimum atomic E-state index is -0.175. The Balaban J connectivity index is 1.57. The number of carbonyl (C=O) groups excluding carboxylic acids is 2. The van der Waals surface area contributed by atoms with Crippen molar-refractivity contribution in [1.82, 2.24) is 14.9 Å². The van der Waals surface area contributed by atoms with E-state index in [0.717, 1.165) is 31.4 Å². The van der Waals surface area contributed by atoms with Crippen LogP contribution in [0.2, 0.25) is 0 Å². The summed E-state index contributed by atoms with van der Waals surface area (Å²) in [5.41, 5.74) is 1.36. The largest absolute Gasteiger partial charge is 0.469 e. The fraction of sp³-hybridized carbons (Fsp3) is 0.389. The second-order valence-corrected chi connectivity index (χ2v) is 6.05. The summed E-state index contributed by atoms with van der Waals surface area (Å²) < 4.78 is 6.60. The first-order chi connectivity index (χ1) is 11.7. The van der Waals surface area contributed by atoms with E-state index in [1.807, 2.05) is 34.9 Å². The molecule has 1 amide bonds. The SMILES string of the molecule is COC(=O)C1CCC(NC(=O)c2cn(-c3ccccc3)cn2)CC1. The number of imidazole rings is 1. The summed E-state index contributed by atoms with van der Waals surface area (Å²) in [6.45, 7) is 0. The van der Waals surface area contributed by atoms with Crippen LogP contribution < -0.4 is 5.32 Å². The maximum atomic E-state index is 12.4. The molecular formula is C18H21N3O3. The lowest BCUT2D eigenvalue weighted by molar-refractivity contribution is -0.146. The topological polar surface area (TPSA) is 73.2 Å². The highest BCUT2D eigenvalue weighted by Gasteiger charge is 2.28. The summed E-state index contributed by atoms with van der Waals surface area (Å²) in [6, 6.07) is 9.82. The zero-order chi connectivity index (χ0) is 16.9. The summed E-state index contributed by atoms with van der Waals surface area (Å²) in [6.07, 6.45) is 6.42. The smallest absolute Gasteiger partial charge is 0.308 e. The number of carbonyl (C=O) groups is 2. The minimum absolute atomic E-state index is 0.0413. The number of benzene rings is 1. The second-order valence-electron chi connectivity index (χ2n) is 6.05. The molecule has 6 nitrogen and oxygen atoms in total. The molecule has 126 valence electrons. The fourth-order valence-corrected chi connectivity index (χ4v) is 3.08. The number of nitrogens with zero attached hydrogens (tertiary/aromatic N) is 2. The second kappa shape index (κ2) is 7.29. The standard InChI is InChI=1S/C18H21N3O3/c1-24-18(23)13-7-9-14(10-8-13)20-17(22)16-11-21(12-19-16)15-5-3-2-4-6-15/h2-6,11-14H,7-10H2,1H3,(H,20,22). The summed E-state index contributed by atoms with van der Waals surface area (Å²) in [5.74, 6) is -0.368. The lowest BCUT2D eigenvalue weighted by Crippen LogP contribution is -2.39. The van der Waals surface area contributed by atoms with Crippen molar-refractivity contribution in [2.45, 2.75) is 31.7 Å². The minimum Gasteiger partial charge on any atom is -0.469 e. The van der Waals surface area contributed by atoms with Gasteiger partial charge in [0.05, 0.1) is 13.0 Å². The molecule has 0 radical (unpaired) electrons. The maximum absolute atomic E-state index is 12.4. The van der Waals surface area contributed by atoms with Crippen LogP contribution in [0, 0.1) is 5.92 Å². The van der Waals surface area contributed by atoms with Gasteiger partial charge in [0.25, 0.3) is 5.91 Å². The lowest BCUT2D eigenvalue weighted by atomic mass is 9.86. The number of aromatic nitrogens is 2. The van der Waals surface area contributed by atoms with Crippen LogP contribution in [0.4, 0.5) is 0 Å². The Labute approximate surface area is 140 Å². The van der Waals surface area contributed by atoms with Crippen molar-refractivity contribution >= 4 is 11.9 Å². The van der Waals surface area contributed by atoms with Gasteiger partial charge in [0.2, 0.25) is 0 Å². The number of ether oxygens (including phenoxy) is 1. The van der Waals surface area contributed by atoms with Crippen molar-refractivity contribution in [3.05, 3.63) is 48.5 Å². The van der Waals surface area contributed by atoms with Gasteiger partial charge < -0.3 is 14.6 Å². The Morgan fingerprint density at radius 1 is 1.17 bits per heavy atom. The van der Waals surface area contributed by atoms with Gasteiger partial charge in [-0.05, 0) is 37.8 Å².